The zero-order valence-electron chi connectivity index (χ0n) is 20.1. The van der Waals surface area contributed by atoms with Gasteiger partial charge in [-0.05, 0) is 32.1 Å². The molecule has 0 heterocycles. The van der Waals surface area contributed by atoms with E-state index < -0.39 is 24.3 Å². The predicted octanol–water partition coefficient (Wildman–Crippen LogP) is -1.29. The van der Waals surface area contributed by atoms with E-state index in [-0.39, 0.29) is 59.1 Å². The van der Waals surface area contributed by atoms with Gasteiger partial charge in [-0.25, -0.2) is 0 Å². The first-order valence-corrected chi connectivity index (χ1v) is 11.6. The van der Waals surface area contributed by atoms with Gasteiger partial charge >= 0.3 is 59.1 Å². The fraction of sp³-hybridized carbons (Fsp3) is 0.833. The van der Waals surface area contributed by atoms with Crippen LogP contribution in [0.1, 0.15) is 122 Å². The van der Waals surface area contributed by atoms with Gasteiger partial charge in [-0.1, -0.05) is 103 Å². The molecule has 4 nitrogen and oxygen atoms in total. The van der Waals surface area contributed by atoms with Crippen molar-refractivity contribution in [2.24, 2.45) is 5.92 Å². The molecule has 0 aromatic rings. The summed E-state index contributed by atoms with van der Waals surface area (Å²) in [5.41, 5.74) is 0. The third-order valence-electron chi connectivity index (χ3n) is 5.29. The molecule has 0 spiro atoms. The minimum atomic E-state index is -1.31. The van der Waals surface area contributed by atoms with E-state index in [4.69, 9.17) is 0 Å². The van der Waals surface area contributed by atoms with E-state index in [2.05, 4.69) is 19.1 Å². The van der Waals surface area contributed by atoms with Crippen LogP contribution in [0.2, 0.25) is 0 Å². The molecule has 0 fully saturated rings. The Morgan fingerprint density at radius 1 is 0.667 bits per heavy atom. The largest absolute Gasteiger partial charge is 1.00 e. The first kappa shape index (κ1) is 35.3. The Morgan fingerprint density at radius 2 is 1.07 bits per heavy atom. The summed E-state index contributed by atoms with van der Waals surface area (Å²) in [6.07, 6.45) is 24.2. The van der Waals surface area contributed by atoms with Gasteiger partial charge in [0.1, 0.15) is 0 Å². The molecule has 0 N–H and O–H groups in total. The molecule has 0 aliphatic rings. The Morgan fingerprint density at radius 3 is 1.47 bits per heavy atom. The van der Waals surface area contributed by atoms with Crippen LogP contribution in [0.4, 0.5) is 0 Å². The smallest absolute Gasteiger partial charge is 0.550 e. The topological polar surface area (TPSA) is 80.3 Å². The predicted molar refractivity (Wildman–Crippen MR) is 111 cm³/mol. The van der Waals surface area contributed by atoms with Crippen LogP contribution < -0.4 is 69.3 Å². The minimum Gasteiger partial charge on any atom is -0.550 e. The number of rotatable bonds is 21. The van der Waals surface area contributed by atoms with Crippen molar-refractivity contribution in [1.29, 1.82) is 0 Å². The van der Waals surface area contributed by atoms with Gasteiger partial charge in [0.25, 0.3) is 0 Å². The molecule has 0 saturated carbocycles. The molecule has 0 radical (unpaired) electrons. The number of carbonyl (C=O) groups excluding carboxylic acids is 2. The average molecular weight is 441 g/mol. The molecule has 30 heavy (non-hydrogen) atoms. The standard InChI is InChI=1S/C24H44O4.2Na/c1-2-3-4-5-6-7-8-9-10-11-12-13-14-15-16-17-18-19-20-22(24(27)28)21-23(25)26;;/h4-5,22H,2-3,6-21H2,1H3,(H,25,26)(H,27,28);;/q;2*+1/p-2/b5-4+;;. The Labute approximate surface area is 229 Å². The minimum absolute atomic E-state index is 0. The van der Waals surface area contributed by atoms with E-state index in [1.807, 2.05) is 0 Å². The van der Waals surface area contributed by atoms with Crippen LogP contribution in [0.15, 0.2) is 12.2 Å². The summed E-state index contributed by atoms with van der Waals surface area (Å²) < 4.78 is 0. The Hall–Kier alpha value is 0.680. The summed E-state index contributed by atoms with van der Waals surface area (Å²) >= 11 is 0. The van der Waals surface area contributed by atoms with Crippen molar-refractivity contribution in [2.75, 3.05) is 0 Å². The number of hydrogen-bond donors (Lipinski definition) is 0. The third kappa shape index (κ3) is 26.7. The zero-order chi connectivity index (χ0) is 20.9. The van der Waals surface area contributed by atoms with Gasteiger partial charge in [0, 0.05) is 17.9 Å². The fourth-order valence-electron chi connectivity index (χ4n) is 3.50. The molecule has 0 aromatic heterocycles. The van der Waals surface area contributed by atoms with Crippen LogP contribution in [-0.2, 0) is 9.59 Å². The molecule has 0 amide bonds. The van der Waals surface area contributed by atoms with Crippen LogP contribution in [0.25, 0.3) is 0 Å². The van der Waals surface area contributed by atoms with Gasteiger partial charge in [0.05, 0.1) is 0 Å². The quantitative estimate of drug-likeness (QED) is 0.126. The molecular weight excluding hydrogens is 398 g/mol. The number of hydrogen-bond acceptors (Lipinski definition) is 4. The Balaban J connectivity index is -0.00000364. The molecule has 0 rings (SSSR count). The van der Waals surface area contributed by atoms with Gasteiger partial charge in [0.15, 0.2) is 0 Å². The van der Waals surface area contributed by atoms with E-state index in [9.17, 15) is 19.8 Å². The van der Waals surface area contributed by atoms with Crippen molar-refractivity contribution < 1.29 is 78.9 Å². The van der Waals surface area contributed by atoms with Crippen molar-refractivity contribution in [3.05, 3.63) is 12.2 Å². The maximum Gasteiger partial charge on any atom is 1.00 e. The maximum absolute atomic E-state index is 10.8. The molecule has 0 bridgehead atoms. The first-order chi connectivity index (χ1) is 13.6. The van der Waals surface area contributed by atoms with Crippen LogP contribution in [-0.4, -0.2) is 11.9 Å². The summed E-state index contributed by atoms with van der Waals surface area (Å²) in [4.78, 5) is 21.3. The Kier molecular flexibility index (Phi) is 32.6. The SMILES string of the molecule is CCC/C=C/CCCCCCCCCCCCCCCC(CC(=O)[O-])C(=O)[O-].[Na+].[Na+]. The number of unbranched alkanes of at least 4 members (excludes halogenated alkanes) is 14. The number of carboxylic acid groups (broad SMARTS) is 2. The molecule has 6 heteroatoms. The van der Waals surface area contributed by atoms with E-state index in [1.165, 1.54) is 83.5 Å². The van der Waals surface area contributed by atoms with Crippen LogP contribution in [0, 0.1) is 5.92 Å². The van der Waals surface area contributed by atoms with Crippen LogP contribution in [0.3, 0.4) is 0 Å². The number of carboxylic acids is 2. The van der Waals surface area contributed by atoms with Crippen molar-refractivity contribution >= 4 is 11.9 Å². The summed E-state index contributed by atoms with van der Waals surface area (Å²) in [6.45, 7) is 2.21. The van der Waals surface area contributed by atoms with Crippen molar-refractivity contribution in [3.63, 3.8) is 0 Å². The first-order valence-electron chi connectivity index (χ1n) is 11.6. The zero-order valence-corrected chi connectivity index (χ0v) is 24.1. The maximum atomic E-state index is 10.8. The second kappa shape index (κ2) is 27.7. The molecule has 164 valence electrons. The number of allylic oxidation sites excluding steroid dienone is 2. The Bertz CT molecular complexity index is 414. The van der Waals surface area contributed by atoms with E-state index in [0.29, 0.717) is 6.42 Å². The second-order valence-electron chi connectivity index (χ2n) is 8.03. The van der Waals surface area contributed by atoms with E-state index >= 15 is 0 Å². The van der Waals surface area contributed by atoms with Gasteiger partial charge in [-0.2, -0.15) is 0 Å². The van der Waals surface area contributed by atoms with Gasteiger partial charge in [-0.15, -0.1) is 0 Å². The average Bonchev–Trinajstić information content (AvgIpc) is 2.65. The van der Waals surface area contributed by atoms with Crippen molar-refractivity contribution in [1.82, 2.24) is 0 Å². The van der Waals surface area contributed by atoms with E-state index in [0.717, 1.165) is 19.3 Å². The third-order valence-corrected chi connectivity index (χ3v) is 5.29. The van der Waals surface area contributed by atoms with Gasteiger partial charge in [-0.3, -0.25) is 0 Å². The van der Waals surface area contributed by atoms with E-state index in [1.54, 1.807) is 0 Å². The monoisotopic (exact) mass is 440 g/mol. The molecule has 1 atom stereocenters. The molecule has 0 aliphatic carbocycles. The van der Waals surface area contributed by atoms with Crippen LogP contribution >= 0.6 is 0 Å². The van der Waals surface area contributed by atoms with Crippen molar-refractivity contribution in [3.8, 4) is 0 Å². The normalized spacial score (nSPS) is 11.6. The number of aliphatic carboxylic acids is 2. The van der Waals surface area contributed by atoms with Gasteiger partial charge < -0.3 is 19.8 Å². The molecular formula is C24H42Na2O4. The number of carbonyl (C=O) groups is 2. The molecule has 0 aromatic carbocycles. The second-order valence-corrected chi connectivity index (χ2v) is 8.03. The molecule has 0 saturated heterocycles. The van der Waals surface area contributed by atoms with Gasteiger partial charge in [0.2, 0.25) is 0 Å². The molecule has 1 unspecified atom stereocenters. The fourth-order valence-corrected chi connectivity index (χ4v) is 3.50. The summed E-state index contributed by atoms with van der Waals surface area (Å²) in [6, 6.07) is 0. The summed E-state index contributed by atoms with van der Waals surface area (Å²) in [5.74, 6) is -3.48. The van der Waals surface area contributed by atoms with Crippen LogP contribution in [0.5, 0.6) is 0 Å². The van der Waals surface area contributed by atoms with Crippen molar-refractivity contribution in [2.45, 2.75) is 122 Å². The molecule has 0 aliphatic heterocycles. The summed E-state index contributed by atoms with van der Waals surface area (Å²) in [7, 11) is 0. The summed E-state index contributed by atoms with van der Waals surface area (Å²) in [5, 5.41) is 21.3.